The summed E-state index contributed by atoms with van der Waals surface area (Å²) in [7, 11) is -1.30. The van der Waals surface area contributed by atoms with E-state index in [1.165, 1.54) is 4.68 Å². The Morgan fingerprint density at radius 1 is 1.26 bits per heavy atom. The number of tetrazole rings is 1. The fourth-order valence-electron chi connectivity index (χ4n) is 2.59. The number of carbonyl (C=O) groups is 1. The molecule has 0 radical (unpaired) electrons. The fourth-order valence-corrected chi connectivity index (χ4v) is 2.59. The van der Waals surface area contributed by atoms with Gasteiger partial charge in [0.25, 0.3) is 0 Å². The number of hydrogen-bond donors (Lipinski definition) is 4. The topological polar surface area (TPSA) is 139 Å². The van der Waals surface area contributed by atoms with Gasteiger partial charge < -0.3 is 21.1 Å². The molecule has 2 rings (SSSR count). The predicted molar refractivity (Wildman–Crippen MR) is 104 cm³/mol. The summed E-state index contributed by atoms with van der Waals surface area (Å²) < 4.78 is 1.41. The normalized spacial score (nSPS) is 11.5. The summed E-state index contributed by atoms with van der Waals surface area (Å²) in [6.07, 6.45) is 3.03. The minimum atomic E-state index is -1.30. The van der Waals surface area contributed by atoms with E-state index in [2.05, 4.69) is 20.8 Å². The van der Waals surface area contributed by atoms with Crippen molar-refractivity contribution in [3.05, 3.63) is 41.7 Å². The van der Waals surface area contributed by atoms with Gasteiger partial charge in [0.15, 0.2) is 5.82 Å². The van der Waals surface area contributed by atoms with Crippen molar-refractivity contribution >= 4 is 25.4 Å². The summed E-state index contributed by atoms with van der Waals surface area (Å²) in [5.74, 6) is 0.276. The van der Waals surface area contributed by atoms with Gasteiger partial charge in [-0.2, -0.15) is 0 Å². The van der Waals surface area contributed by atoms with Crippen molar-refractivity contribution in [3.8, 4) is 0 Å². The van der Waals surface area contributed by atoms with Gasteiger partial charge in [0.05, 0.1) is 6.04 Å². The van der Waals surface area contributed by atoms with Crippen LogP contribution in [0.25, 0.3) is 0 Å². The number of unbranched alkanes of at least 4 members (excludes halogenated alkanes) is 1. The molecule has 0 unspecified atom stereocenters. The van der Waals surface area contributed by atoms with Crippen LogP contribution >= 0.6 is 12.4 Å². The van der Waals surface area contributed by atoms with Gasteiger partial charge in [0.1, 0.15) is 6.54 Å². The van der Waals surface area contributed by atoms with Crippen LogP contribution in [-0.2, 0) is 17.8 Å². The molecule has 27 heavy (non-hydrogen) atoms. The molecule has 0 aliphatic heterocycles. The number of hydrogen-bond acceptors (Lipinski definition) is 7. The van der Waals surface area contributed by atoms with Gasteiger partial charge >= 0.3 is 7.12 Å². The van der Waals surface area contributed by atoms with Crippen molar-refractivity contribution in [2.24, 2.45) is 5.73 Å². The fraction of sp³-hybridized carbons (Fsp3) is 0.500. The van der Waals surface area contributed by atoms with E-state index in [0.29, 0.717) is 31.5 Å². The van der Waals surface area contributed by atoms with Crippen LogP contribution < -0.4 is 11.1 Å². The molecule has 0 spiro atoms. The second-order valence-electron chi connectivity index (χ2n) is 6.15. The van der Waals surface area contributed by atoms with Gasteiger partial charge in [-0.05, 0) is 35.2 Å². The van der Waals surface area contributed by atoms with Crippen molar-refractivity contribution in [2.45, 2.75) is 44.6 Å². The standard InChI is InChI=1S/C16H25BN6O3.ClH/c18-14(8-4-5-10-17(25)26)16-20-21-22-23(16)12-15(24)19-11-9-13-6-2-1-3-7-13;/h1-3,6-7,14,25-26H,4-5,8-12,18H2,(H,19,24);1H/t14-;/m0./s1. The molecule has 11 heteroatoms. The largest absolute Gasteiger partial charge is 0.451 e. The van der Waals surface area contributed by atoms with Crippen LogP contribution in [0.5, 0.6) is 0 Å². The zero-order chi connectivity index (χ0) is 18.8. The van der Waals surface area contributed by atoms with Gasteiger partial charge in [0.2, 0.25) is 5.91 Å². The molecule has 1 aromatic carbocycles. The number of aromatic nitrogens is 4. The van der Waals surface area contributed by atoms with E-state index in [9.17, 15) is 4.79 Å². The van der Waals surface area contributed by atoms with E-state index in [0.717, 1.165) is 18.4 Å². The highest BCUT2D eigenvalue weighted by Gasteiger charge is 2.17. The van der Waals surface area contributed by atoms with E-state index in [4.69, 9.17) is 15.8 Å². The molecule has 0 bridgehead atoms. The molecular weight excluding hydrogens is 370 g/mol. The molecule has 1 amide bonds. The zero-order valence-electron chi connectivity index (χ0n) is 15.1. The molecule has 1 heterocycles. The quantitative estimate of drug-likeness (QED) is 0.312. The van der Waals surface area contributed by atoms with E-state index in [1.807, 2.05) is 30.3 Å². The molecule has 0 saturated heterocycles. The monoisotopic (exact) mass is 396 g/mol. The van der Waals surface area contributed by atoms with Crippen molar-refractivity contribution < 1.29 is 14.8 Å². The van der Waals surface area contributed by atoms with Crippen LogP contribution in [0.3, 0.4) is 0 Å². The number of amides is 1. The Morgan fingerprint density at radius 2 is 2.00 bits per heavy atom. The predicted octanol–water partition coefficient (Wildman–Crippen LogP) is 0.0967. The highest BCUT2D eigenvalue weighted by molar-refractivity contribution is 6.40. The molecular formula is C16H26BClN6O3. The SMILES string of the molecule is Cl.N[C@@H](CCCCB(O)O)c1nnnn1CC(=O)NCCc1ccccc1. The van der Waals surface area contributed by atoms with Crippen molar-refractivity contribution in [3.63, 3.8) is 0 Å². The van der Waals surface area contributed by atoms with E-state index in [1.54, 1.807) is 0 Å². The first kappa shape index (κ1) is 23.0. The first-order valence-electron chi connectivity index (χ1n) is 8.74. The molecule has 148 valence electrons. The lowest BCUT2D eigenvalue weighted by Crippen LogP contribution is -2.31. The summed E-state index contributed by atoms with van der Waals surface area (Å²) in [5, 5.41) is 31.9. The van der Waals surface area contributed by atoms with Gasteiger partial charge in [-0.3, -0.25) is 4.79 Å². The maximum absolute atomic E-state index is 12.1. The van der Waals surface area contributed by atoms with Gasteiger partial charge in [-0.25, -0.2) is 4.68 Å². The van der Waals surface area contributed by atoms with Crippen LogP contribution in [0.2, 0.25) is 6.32 Å². The van der Waals surface area contributed by atoms with Crippen LogP contribution in [0.4, 0.5) is 0 Å². The number of nitrogens with two attached hydrogens (primary N) is 1. The Hall–Kier alpha value is -2.01. The first-order valence-corrected chi connectivity index (χ1v) is 8.74. The summed E-state index contributed by atoms with van der Waals surface area (Å²) in [5.41, 5.74) is 7.25. The van der Waals surface area contributed by atoms with E-state index in [-0.39, 0.29) is 24.9 Å². The molecule has 0 saturated carbocycles. The van der Waals surface area contributed by atoms with Crippen LogP contribution in [0, 0.1) is 0 Å². The summed E-state index contributed by atoms with van der Waals surface area (Å²) in [6, 6.07) is 9.51. The van der Waals surface area contributed by atoms with Gasteiger partial charge in [-0.15, -0.1) is 17.5 Å². The third-order valence-corrected chi connectivity index (χ3v) is 3.99. The van der Waals surface area contributed by atoms with Gasteiger partial charge in [-0.1, -0.05) is 43.2 Å². The minimum absolute atomic E-state index is 0. The average molecular weight is 397 g/mol. The number of benzene rings is 1. The lowest BCUT2D eigenvalue weighted by atomic mass is 9.83. The Morgan fingerprint density at radius 3 is 2.70 bits per heavy atom. The zero-order valence-corrected chi connectivity index (χ0v) is 15.9. The highest BCUT2D eigenvalue weighted by Crippen LogP contribution is 2.14. The van der Waals surface area contributed by atoms with Crippen molar-refractivity contribution in [1.82, 2.24) is 25.5 Å². The van der Waals surface area contributed by atoms with E-state index < -0.39 is 13.2 Å². The number of carbonyl (C=O) groups excluding carboxylic acids is 1. The third kappa shape index (κ3) is 8.48. The van der Waals surface area contributed by atoms with Crippen LogP contribution in [0.15, 0.2) is 30.3 Å². The number of nitrogens with one attached hydrogen (secondary N) is 1. The molecule has 5 N–H and O–H groups in total. The maximum Gasteiger partial charge on any atom is 0.451 e. The van der Waals surface area contributed by atoms with Crippen LogP contribution in [-0.4, -0.2) is 49.8 Å². The molecule has 1 aromatic heterocycles. The smallest absolute Gasteiger partial charge is 0.427 e. The number of halogens is 1. The van der Waals surface area contributed by atoms with Gasteiger partial charge in [0, 0.05) is 6.54 Å². The second kappa shape index (κ2) is 12.4. The molecule has 0 aliphatic carbocycles. The first-order chi connectivity index (χ1) is 12.6. The molecule has 9 nitrogen and oxygen atoms in total. The second-order valence-corrected chi connectivity index (χ2v) is 6.15. The van der Waals surface area contributed by atoms with Crippen molar-refractivity contribution in [1.29, 1.82) is 0 Å². The average Bonchev–Trinajstić information content (AvgIpc) is 3.07. The Bertz CT molecular complexity index is 673. The maximum atomic E-state index is 12.1. The van der Waals surface area contributed by atoms with Crippen molar-refractivity contribution in [2.75, 3.05) is 6.54 Å². The lowest BCUT2D eigenvalue weighted by molar-refractivity contribution is -0.121. The molecule has 0 fully saturated rings. The highest BCUT2D eigenvalue weighted by atomic mass is 35.5. The summed E-state index contributed by atoms with van der Waals surface area (Å²) >= 11 is 0. The number of rotatable bonds is 11. The Kier molecular flexibility index (Phi) is 10.6. The number of nitrogens with zero attached hydrogens (tertiary/aromatic N) is 4. The minimum Gasteiger partial charge on any atom is -0.427 e. The molecule has 2 aromatic rings. The molecule has 0 aliphatic rings. The Balaban J connectivity index is 0.00000364. The Labute approximate surface area is 164 Å². The third-order valence-electron chi connectivity index (χ3n) is 3.99. The van der Waals surface area contributed by atoms with E-state index >= 15 is 0 Å². The summed E-state index contributed by atoms with van der Waals surface area (Å²) in [4.78, 5) is 12.1. The van der Waals surface area contributed by atoms with Crippen LogP contribution in [0.1, 0.15) is 36.7 Å². The summed E-state index contributed by atoms with van der Waals surface area (Å²) in [6.45, 7) is 0.552. The lowest BCUT2D eigenvalue weighted by Gasteiger charge is -2.11. The molecule has 1 atom stereocenters.